The highest BCUT2D eigenvalue weighted by Crippen LogP contribution is 2.35. The van der Waals surface area contributed by atoms with Crippen molar-refractivity contribution in [2.75, 3.05) is 14.2 Å². The molecule has 1 aliphatic rings. The van der Waals surface area contributed by atoms with Crippen LogP contribution in [0.15, 0.2) is 47.4 Å². The van der Waals surface area contributed by atoms with Crippen LogP contribution in [0.2, 0.25) is 0 Å². The molecule has 1 heterocycles. The third-order valence-corrected chi connectivity index (χ3v) is 5.41. The molecule has 0 radical (unpaired) electrons. The Balaban J connectivity index is 1.77. The number of amides is 2. The number of ether oxygens (including phenoxy) is 3. The summed E-state index contributed by atoms with van der Waals surface area (Å²) in [5.41, 5.74) is 1.27. The third kappa shape index (κ3) is 5.05. The zero-order valence-corrected chi connectivity index (χ0v) is 17.9. The zero-order valence-electron chi connectivity index (χ0n) is 17.1. The van der Waals surface area contributed by atoms with Gasteiger partial charge in [0.05, 0.1) is 19.1 Å². The Morgan fingerprint density at radius 2 is 1.94 bits per heavy atom. The van der Waals surface area contributed by atoms with E-state index in [0.29, 0.717) is 22.6 Å². The molecule has 2 aromatic carbocycles. The summed E-state index contributed by atoms with van der Waals surface area (Å²) in [6.45, 7) is 1.58. The Kier molecular flexibility index (Phi) is 6.96. The molecule has 1 fully saturated rings. The fourth-order valence-corrected chi connectivity index (χ4v) is 3.83. The summed E-state index contributed by atoms with van der Waals surface area (Å²) in [6.07, 6.45) is 1.54. The average Bonchev–Trinajstić information content (AvgIpc) is 3.04. The maximum absolute atomic E-state index is 13.3. The maximum Gasteiger partial charge on any atom is 0.328 e. The lowest BCUT2D eigenvalue weighted by Gasteiger charge is -2.18. The van der Waals surface area contributed by atoms with Crippen LogP contribution in [0.5, 0.6) is 11.5 Å². The second kappa shape index (κ2) is 9.65. The second-order valence-electron chi connectivity index (χ2n) is 6.58. The number of nitrogens with zero attached hydrogens (tertiary/aromatic N) is 1. The number of thioether (sulfide) groups is 1. The first kappa shape index (κ1) is 22.4. The smallest absolute Gasteiger partial charge is 0.328 e. The van der Waals surface area contributed by atoms with E-state index in [1.165, 1.54) is 39.4 Å². The molecule has 1 aliphatic heterocycles. The predicted octanol–water partition coefficient (Wildman–Crippen LogP) is 4.01. The summed E-state index contributed by atoms with van der Waals surface area (Å²) < 4.78 is 29.0. The maximum atomic E-state index is 13.3. The van der Waals surface area contributed by atoms with Crippen molar-refractivity contribution < 1.29 is 33.0 Å². The van der Waals surface area contributed by atoms with Gasteiger partial charge in [-0.05, 0) is 60.2 Å². The number of imide groups is 1. The number of halogens is 1. The number of esters is 1. The van der Waals surface area contributed by atoms with Crippen molar-refractivity contribution in [3.8, 4) is 11.5 Å². The van der Waals surface area contributed by atoms with Crippen molar-refractivity contribution in [2.24, 2.45) is 0 Å². The first-order chi connectivity index (χ1) is 14.8. The van der Waals surface area contributed by atoms with Gasteiger partial charge in [-0.1, -0.05) is 18.2 Å². The zero-order chi connectivity index (χ0) is 22.5. The summed E-state index contributed by atoms with van der Waals surface area (Å²) in [7, 11) is 2.66. The third-order valence-electron chi connectivity index (χ3n) is 4.52. The number of hydrogen-bond acceptors (Lipinski definition) is 7. The van der Waals surface area contributed by atoms with Crippen LogP contribution in [0.3, 0.4) is 0 Å². The minimum atomic E-state index is -1.02. The van der Waals surface area contributed by atoms with Crippen LogP contribution in [0.4, 0.5) is 9.18 Å². The van der Waals surface area contributed by atoms with Crippen LogP contribution < -0.4 is 9.47 Å². The molecular weight excluding hydrogens is 425 g/mol. The van der Waals surface area contributed by atoms with E-state index in [1.807, 2.05) is 0 Å². The lowest BCUT2D eigenvalue weighted by molar-refractivity contribution is -0.148. The number of carbonyl (C=O) groups excluding carboxylic acids is 3. The van der Waals surface area contributed by atoms with Crippen LogP contribution in [0.1, 0.15) is 18.1 Å². The van der Waals surface area contributed by atoms with Crippen LogP contribution in [-0.4, -0.2) is 42.3 Å². The standard InChI is InChI=1S/C22H20FNO6S/c1-13(21(26)29-3)24-20(25)19(31-22(24)27)11-14-7-8-17(18(10-14)28-2)30-12-15-5-4-6-16(23)9-15/h4-11,13H,12H2,1-3H3/b19-11+/t13-/m0/s1. The largest absolute Gasteiger partial charge is 0.493 e. The Hall–Kier alpha value is -3.33. The molecule has 0 unspecified atom stereocenters. The van der Waals surface area contributed by atoms with E-state index in [4.69, 9.17) is 9.47 Å². The van der Waals surface area contributed by atoms with E-state index < -0.39 is 23.2 Å². The van der Waals surface area contributed by atoms with Crippen molar-refractivity contribution in [3.05, 3.63) is 64.3 Å². The fraction of sp³-hybridized carbons (Fsp3) is 0.227. The van der Waals surface area contributed by atoms with Crippen molar-refractivity contribution in [1.29, 1.82) is 0 Å². The first-order valence-corrected chi connectivity index (χ1v) is 10.1. The number of carbonyl (C=O) groups is 3. The van der Waals surface area contributed by atoms with E-state index in [1.54, 1.807) is 30.3 Å². The summed E-state index contributed by atoms with van der Waals surface area (Å²) >= 11 is 0.743. The SMILES string of the molecule is COC(=O)[C@H](C)N1C(=O)S/C(=C/c2ccc(OCc3cccc(F)c3)c(OC)c2)C1=O. The second-order valence-corrected chi connectivity index (χ2v) is 7.57. The molecule has 1 saturated heterocycles. The summed E-state index contributed by atoms with van der Waals surface area (Å²) in [6, 6.07) is 10.1. The van der Waals surface area contributed by atoms with Gasteiger partial charge in [0.15, 0.2) is 11.5 Å². The molecule has 2 amide bonds. The Bertz CT molecular complexity index is 1050. The van der Waals surface area contributed by atoms with Gasteiger partial charge < -0.3 is 14.2 Å². The lowest BCUT2D eigenvalue weighted by atomic mass is 10.1. The molecule has 2 aromatic rings. The molecule has 0 spiro atoms. The van der Waals surface area contributed by atoms with Crippen LogP contribution in [0.25, 0.3) is 6.08 Å². The van der Waals surface area contributed by atoms with Crippen LogP contribution >= 0.6 is 11.8 Å². The van der Waals surface area contributed by atoms with Crippen molar-refractivity contribution in [3.63, 3.8) is 0 Å². The minimum absolute atomic E-state index is 0.151. The van der Waals surface area contributed by atoms with Gasteiger partial charge in [-0.3, -0.25) is 14.5 Å². The van der Waals surface area contributed by atoms with E-state index in [0.717, 1.165) is 16.7 Å². The Morgan fingerprint density at radius 1 is 1.16 bits per heavy atom. The number of methoxy groups -OCH3 is 2. The number of rotatable bonds is 7. The molecular formula is C22H20FNO6S. The molecule has 0 saturated carbocycles. The molecule has 162 valence electrons. The van der Waals surface area contributed by atoms with Crippen molar-refractivity contribution >= 4 is 35.0 Å². The molecule has 9 heteroatoms. The van der Waals surface area contributed by atoms with Gasteiger partial charge in [-0.15, -0.1) is 0 Å². The van der Waals surface area contributed by atoms with E-state index in [2.05, 4.69) is 4.74 Å². The van der Waals surface area contributed by atoms with Crippen molar-refractivity contribution in [1.82, 2.24) is 4.90 Å². The predicted molar refractivity (Wildman–Crippen MR) is 113 cm³/mol. The highest BCUT2D eigenvalue weighted by molar-refractivity contribution is 8.18. The van der Waals surface area contributed by atoms with Crippen LogP contribution in [0, 0.1) is 5.82 Å². The van der Waals surface area contributed by atoms with E-state index >= 15 is 0 Å². The van der Waals surface area contributed by atoms with Crippen LogP contribution in [-0.2, 0) is 20.9 Å². The van der Waals surface area contributed by atoms with Gasteiger partial charge >= 0.3 is 5.97 Å². The molecule has 0 N–H and O–H groups in total. The number of hydrogen-bond donors (Lipinski definition) is 0. The van der Waals surface area contributed by atoms with Gasteiger partial charge in [0.2, 0.25) is 0 Å². The molecule has 0 bridgehead atoms. The monoisotopic (exact) mass is 445 g/mol. The van der Waals surface area contributed by atoms with E-state index in [-0.39, 0.29) is 17.3 Å². The summed E-state index contributed by atoms with van der Waals surface area (Å²) in [5.74, 6) is -0.745. The summed E-state index contributed by atoms with van der Waals surface area (Å²) in [4.78, 5) is 37.6. The molecule has 0 aromatic heterocycles. The molecule has 3 rings (SSSR count). The molecule has 31 heavy (non-hydrogen) atoms. The fourth-order valence-electron chi connectivity index (χ4n) is 2.92. The molecule has 0 aliphatic carbocycles. The van der Waals surface area contributed by atoms with Gasteiger partial charge in [0.1, 0.15) is 18.5 Å². The highest BCUT2D eigenvalue weighted by Gasteiger charge is 2.41. The normalized spacial score (nSPS) is 15.9. The Morgan fingerprint density at radius 3 is 2.61 bits per heavy atom. The quantitative estimate of drug-likeness (QED) is 0.470. The topological polar surface area (TPSA) is 82.1 Å². The number of benzene rings is 2. The van der Waals surface area contributed by atoms with Gasteiger partial charge in [-0.25, -0.2) is 9.18 Å². The van der Waals surface area contributed by atoms with Gasteiger partial charge in [-0.2, -0.15) is 0 Å². The lowest BCUT2D eigenvalue weighted by Crippen LogP contribution is -2.42. The van der Waals surface area contributed by atoms with E-state index in [9.17, 15) is 18.8 Å². The van der Waals surface area contributed by atoms with Gasteiger partial charge in [0, 0.05) is 0 Å². The Labute approximate surface area is 182 Å². The molecule has 1 atom stereocenters. The molecule has 7 nitrogen and oxygen atoms in total. The minimum Gasteiger partial charge on any atom is -0.493 e. The van der Waals surface area contributed by atoms with Crippen molar-refractivity contribution in [2.45, 2.75) is 19.6 Å². The first-order valence-electron chi connectivity index (χ1n) is 9.24. The van der Waals surface area contributed by atoms with Gasteiger partial charge in [0.25, 0.3) is 11.1 Å². The highest BCUT2D eigenvalue weighted by atomic mass is 32.2. The summed E-state index contributed by atoms with van der Waals surface area (Å²) in [5, 5.41) is -0.545. The average molecular weight is 445 g/mol.